The van der Waals surface area contributed by atoms with Gasteiger partial charge in [0.2, 0.25) is 0 Å². The first-order valence-corrected chi connectivity index (χ1v) is 6.10. The van der Waals surface area contributed by atoms with Gasteiger partial charge in [-0.15, -0.1) is 0 Å². The molecule has 0 aromatic carbocycles. The molecule has 0 spiro atoms. The van der Waals surface area contributed by atoms with E-state index >= 15 is 0 Å². The number of carboxylic acids is 1. The van der Waals surface area contributed by atoms with Gasteiger partial charge in [0, 0.05) is 0 Å². The number of aliphatic hydroxyl groups excluding tert-OH is 5. The molecule has 0 aromatic heterocycles. The van der Waals surface area contributed by atoms with Gasteiger partial charge in [-0.1, -0.05) is 0 Å². The Labute approximate surface area is 115 Å². The Morgan fingerprint density at radius 2 is 1.80 bits per heavy atom. The van der Waals surface area contributed by atoms with E-state index in [1.165, 1.54) is 0 Å². The van der Waals surface area contributed by atoms with Crippen LogP contribution in [-0.4, -0.2) is 86.5 Å². The van der Waals surface area contributed by atoms with Crippen LogP contribution < -0.4 is 5.32 Å². The number of hydrogen-bond acceptors (Lipinski definition) is 8. The minimum absolute atomic E-state index is 0.269. The van der Waals surface area contributed by atoms with E-state index in [1.54, 1.807) is 0 Å². The van der Waals surface area contributed by atoms with Crippen LogP contribution in [0.4, 0.5) is 0 Å². The molecular weight excluding hydrogens is 274 g/mol. The summed E-state index contributed by atoms with van der Waals surface area (Å²) in [4.78, 5) is 20.7. The Kier molecular flexibility index (Phi) is 9.21. The smallest absolute Gasteiger partial charge is 0.320 e. The highest BCUT2D eigenvalue weighted by Crippen LogP contribution is 2.03. The third kappa shape index (κ3) is 6.37. The number of aliphatic carboxylic acids is 1. The van der Waals surface area contributed by atoms with Crippen molar-refractivity contribution >= 4 is 11.8 Å². The van der Waals surface area contributed by atoms with E-state index in [-0.39, 0.29) is 6.04 Å². The minimum atomic E-state index is -1.86. The van der Waals surface area contributed by atoms with Crippen LogP contribution in [0, 0.1) is 0 Å². The van der Waals surface area contributed by atoms with E-state index in [0.29, 0.717) is 0 Å². The van der Waals surface area contributed by atoms with Crippen molar-refractivity contribution in [1.82, 2.24) is 5.32 Å². The molecular formula is C11H21NO8. The van der Waals surface area contributed by atoms with E-state index in [1.807, 2.05) is 0 Å². The molecule has 1 rings (SSSR count). The molecule has 1 fully saturated rings. The first-order valence-electron chi connectivity index (χ1n) is 6.10. The zero-order valence-electron chi connectivity index (χ0n) is 10.8. The van der Waals surface area contributed by atoms with E-state index < -0.39 is 43.3 Å². The van der Waals surface area contributed by atoms with Crippen LogP contribution in [0.15, 0.2) is 0 Å². The Bertz CT molecular complexity index is 305. The molecule has 4 atom stereocenters. The van der Waals surface area contributed by atoms with E-state index in [0.717, 1.165) is 19.4 Å². The van der Waals surface area contributed by atoms with Crippen LogP contribution in [0.2, 0.25) is 0 Å². The summed E-state index contributed by atoms with van der Waals surface area (Å²) in [6.07, 6.45) is -3.44. The molecule has 1 aliphatic rings. The van der Waals surface area contributed by atoms with Crippen molar-refractivity contribution in [3.05, 3.63) is 0 Å². The van der Waals surface area contributed by atoms with Crippen LogP contribution in [0.5, 0.6) is 0 Å². The number of aliphatic hydroxyl groups is 5. The second-order valence-electron chi connectivity index (χ2n) is 4.30. The maximum atomic E-state index is 10.5. The second kappa shape index (κ2) is 9.75. The molecule has 1 saturated heterocycles. The minimum Gasteiger partial charge on any atom is -0.480 e. The molecule has 0 amide bonds. The van der Waals surface area contributed by atoms with Crippen molar-refractivity contribution in [2.75, 3.05) is 19.8 Å². The quantitative estimate of drug-likeness (QED) is 0.262. The van der Waals surface area contributed by atoms with Crippen molar-refractivity contribution < 1.29 is 40.2 Å². The molecule has 0 aromatic rings. The van der Waals surface area contributed by atoms with Gasteiger partial charge in [0.1, 0.15) is 31.0 Å². The third-order valence-corrected chi connectivity index (χ3v) is 2.75. The van der Waals surface area contributed by atoms with Gasteiger partial charge >= 0.3 is 5.97 Å². The van der Waals surface area contributed by atoms with Gasteiger partial charge in [0.05, 0.1) is 6.61 Å². The lowest BCUT2D eigenvalue weighted by atomic mass is 10.1. The predicted octanol–water partition coefficient (Wildman–Crippen LogP) is -3.55. The SMILES string of the molecule is O=C(CO)C(O)C(O)C(O)CO.O=C(O)C1CCCN1. The fraction of sp³-hybridized carbons (Fsp3) is 0.818. The van der Waals surface area contributed by atoms with Gasteiger partial charge in [0.25, 0.3) is 0 Å². The van der Waals surface area contributed by atoms with Crippen LogP contribution in [0.25, 0.3) is 0 Å². The van der Waals surface area contributed by atoms with Crippen LogP contribution in [0.3, 0.4) is 0 Å². The molecule has 1 heterocycles. The van der Waals surface area contributed by atoms with Gasteiger partial charge in [0.15, 0.2) is 5.78 Å². The first kappa shape index (κ1) is 18.9. The zero-order valence-corrected chi connectivity index (χ0v) is 10.8. The van der Waals surface area contributed by atoms with Gasteiger partial charge < -0.3 is 36.0 Å². The maximum Gasteiger partial charge on any atom is 0.320 e. The topological polar surface area (TPSA) is 168 Å². The molecule has 9 nitrogen and oxygen atoms in total. The van der Waals surface area contributed by atoms with Crippen molar-refractivity contribution in [3.8, 4) is 0 Å². The Balaban J connectivity index is 0.000000388. The Hall–Kier alpha value is -1.10. The molecule has 0 bridgehead atoms. The third-order valence-electron chi connectivity index (χ3n) is 2.75. The second-order valence-corrected chi connectivity index (χ2v) is 4.30. The number of hydrogen-bond donors (Lipinski definition) is 7. The molecule has 7 N–H and O–H groups in total. The Morgan fingerprint density at radius 3 is 2.10 bits per heavy atom. The molecule has 0 radical (unpaired) electrons. The number of carboxylic acid groups (broad SMARTS) is 1. The van der Waals surface area contributed by atoms with E-state index in [9.17, 15) is 9.59 Å². The van der Waals surface area contributed by atoms with Crippen molar-refractivity contribution in [3.63, 3.8) is 0 Å². The number of nitrogens with one attached hydrogen (secondary N) is 1. The largest absolute Gasteiger partial charge is 0.480 e. The molecule has 9 heteroatoms. The van der Waals surface area contributed by atoms with Crippen molar-refractivity contribution in [2.45, 2.75) is 37.2 Å². The van der Waals surface area contributed by atoms with Crippen molar-refractivity contribution in [1.29, 1.82) is 0 Å². The monoisotopic (exact) mass is 295 g/mol. The molecule has 0 aliphatic carbocycles. The van der Waals surface area contributed by atoms with Gasteiger partial charge in [-0.2, -0.15) is 0 Å². The molecule has 0 saturated carbocycles. The zero-order chi connectivity index (χ0) is 15.7. The number of Topliss-reactive ketones (excluding diaryl/α,β-unsaturated/α-hetero) is 1. The summed E-state index contributed by atoms with van der Waals surface area (Å²) in [5, 5.41) is 54.3. The summed E-state index contributed by atoms with van der Waals surface area (Å²) < 4.78 is 0. The lowest BCUT2D eigenvalue weighted by Gasteiger charge is -2.19. The molecule has 4 unspecified atom stereocenters. The van der Waals surface area contributed by atoms with Crippen LogP contribution >= 0.6 is 0 Å². The predicted molar refractivity (Wildman–Crippen MR) is 65.9 cm³/mol. The lowest BCUT2D eigenvalue weighted by Crippen LogP contribution is -2.44. The first-order chi connectivity index (χ1) is 9.34. The normalized spacial score (nSPS) is 22.4. The number of carbonyl (C=O) groups excluding carboxylic acids is 1. The Morgan fingerprint density at radius 1 is 1.20 bits per heavy atom. The highest BCUT2D eigenvalue weighted by Gasteiger charge is 2.28. The van der Waals surface area contributed by atoms with Crippen LogP contribution in [0.1, 0.15) is 12.8 Å². The summed E-state index contributed by atoms with van der Waals surface area (Å²) in [6, 6.07) is -0.269. The average Bonchev–Trinajstić information content (AvgIpc) is 2.99. The number of carbonyl (C=O) groups is 2. The van der Waals surface area contributed by atoms with Gasteiger partial charge in [-0.25, -0.2) is 0 Å². The molecule has 1 aliphatic heterocycles. The lowest BCUT2D eigenvalue weighted by molar-refractivity contribution is -0.142. The summed E-state index contributed by atoms with van der Waals surface area (Å²) in [5.74, 6) is -1.72. The fourth-order valence-electron chi connectivity index (χ4n) is 1.50. The molecule has 118 valence electrons. The fourth-order valence-corrected chi connectivity index (χ4v) is 1.50. The average molecular weight is 295 g/mol. The van der Waals surface area contributed by atoms with Gasteiger partial charge in [-0.3, -0.25) is 9.59 Å². The highest BCUT2D eigenvalue weighted by molar-refractivity contribution is 5.84. The van der Waals surface area contributed by atoms with Crippen LogP contribution in [-0.2, 0) is 9.59 Å². The summed E-state index contributed by atoms with van der Waals surface area (Å²) in [6.45, 7) is -0.829. The highest BCUT2D eigenvalue weighted by atomic mass is 16.4. The molecule has 20 heavy (non-hydrogen) atoms. The summed E-state index contributed by atoms with van der Waals surface area (Å²) in [7, 11) is 0. The van der Waals surface area contributed by atoms with E-state index in [4.69, 9.17) is 30.6 Å². The van der Waals surface area contributed by atoms with E-state index in [2.05, 4.69) is 5.32 Å². The maximum absolute atomic E-state index is 10.5. The number of rotatable bonds is 6. The number of ketones is 1. The van der Waals surface area contributed by atoms with Gasteiger partial charge in [-0.05, 0) is 19.4 Å². The summed E-state index contributed by atoms with van der Waals surface area (Å²) in [5.41, 5.74) is 0. The summed E-state index contributed by atoms with van der Waals surface area (Å²) >= 11 is 0. The van der Waals surface area contributed by atoms with Crippen molar-refractivity contribution in [2.24, 2.45) is 0 Å². The standard InChI is InChI=1S/C6H12O6.C5H9NO2/c7-1-3(9)5(11)6(12)4(10)2-8;7-5(8)4-2-1-3-6-4/h3,5-9,11-12H,1-2H2;4,6H,1-3H2,(H,7,8).